The van der Waals surface area contributed by atoms with Crippen molar-refractivity contribution in [1.29, 1.82) is 0 Å². The lowest BCUT2D eigenvalue weighted by molar-refractivity contribution is -0.0140. The maximum atomic E-state index is 13.8. The van der Waals surface area contributed by atoms with Crippen LogP contribution in [0.25, 0.3) is 0 Å². The number of benzene rings is 2. The molecule has 34 heavy (non-hydrogen) atoms. The third-order valence-electron chi connectivity index (χ3n) is 6.81. The van der Waals surface area contributed by atoms with Gasteiger partial charge in [-0.1, -0.05) is 18.2 Å². The highest BCUT2D eigenvalue weighted by Gasteiger charge is 2.49. The molecule has 0 saturated carbocycles. The molecule has 0 N–H and O–H groups in total. The van der Waals surface area contributed by atoms with Crippen molar-refractivity contribution in [3.8, 4) is 5.75 Å². The standard InChI is InChI=1S/C26H31N3O5/c1-32-23-11-10-21(27-12-6-3-7-13-27)16-22(23)24(30)28-14-15-33-19-26(17-28)18-29(25(31)34-26)20-8-4-2-5-9-20/h2,4-5,8-11,16H,3,6-7,12-15,17-19H2,1H3/t26-/m0/s1. The summed E-state index contributed by atoms with van der Waals surface area (Å²) in [5.74, 6) is 0.397. The molecule has 5 rings (SSSR count). The average Bonchev–Trinajstić information content (AvgIpc) is 3.07. The number of hydrogen-bond donors (Lipinski definition) is 0. The number of rotatable bonds is 4. The van der Waals surface area contributed by atoms with Gasteiger partial charge < -0.3 is 24.0 Å². The van der Waals surface area contributed by atoms with Crippen LogP contribution in [0.4, 0.5) is 16.2 Å². The first-order chi connectivity index (χ1) is 16.6. The number of methoxy groups -OCH3 is 1. The number of carbonyl (C=O) groups excluding carboxylic acids is 2. The summed E-state index contributed by atoms with van der Waals surface area (Å²) in [7, 11) is 1.58. The van der Waals surface area contributed by atoms with Gasteiger partial charge in [0.05, 0.1) is 39.0 Å². The first-order valence-electron chi connectivity index (χ1n) is 11.9. The minimum Gasteiger partial charge on any atom is -0.496 e. The number of ether oxygens (including phenoxy) is 3. The van der Waals surface area contributed by atoms with E-state index in [9.17, 15) is 9.59 Å². The van der Waals surface area contributed by atoms with Crippen LogP contribution in [0.5, 0.6) is 5.75 Å². The Morgan fingerprint density at radius 2 is 1.76 bits per heavy atom. The van der Waals surface area contributed by atoms with Crippen LogP contribution < -0.4 is 14.5 Å². The minimum absolute atomic E-state index is 0.144. The van der Waals surface area contributed by atoms with Gasteiger partial charge in [-0.25, -0.2) is 4.79 Å². The van der Waals surface area contributed by atoms with Crippen molar-refractivity contribution < 1.29 is 23.8 Å². The fourth-order valence-corrected chi connectivity index (χ4v) is 5.05. The molecule has 3 saturated heterocycles. The highest BCUT2D eigenvalue weighted by molar-refractivity contribution is 5.98. The number of carbonyl (C=O) groups is 2. The predicted octanol–water partition coefficient (Wildman–Crippen LogP) is 3.55. The largest absolute Gasteiger partial charge is 0.496 e. The molecule has 0 unspecified atom stereocenters. The number of para-hydroxylation sites is 1. The van der Waals surface area contributed by atoms with E-state index in [1.165, 1.54) is 6.42 Å². The average molecular weight is 466 g/mol. The lowest BCUT2D eigenvalue weighted by Gasteiger charge is -2.31. The molecule has 3 heterocycles. The van der Waals surface area contributed by atoms with Crippen LogP contribution >= 0.6 is 0 Å². The normalized spacial score (nSPS) is 23.1. The van der Waals surface area contributed by atoms with Crippen molar-refractivity contribution in [1.82, 2.24) is 4.90 Å². The van der Waals surface area contributed by atoms with Crippen LogP contribution in [0, 0.1) is 0 Å². The van der Waals surface area contributed by atoms with Gasteiger partial charge in [-0.3, -0.25) is 9.69 Å². The summed E-state index contributed by atoms with van der Waals surface area (Å²) in [4.78, 5) is 32.2. The molecule has 3 aliphatic heterocycles. The molecule has 0 bridgehead atoms. The summed E-state index contributed by atoms with van der Waals surface area (Å²) < 4.78 is 17.2. The van der Waals surface area contributed by atoms with E-state index in [1.54, 1.807) is 16.9 Å². The molecule has 180 valence electrons. The van der Waals surface area contributed by atoms with E-state index in [4.69, 9.17) is 14.2 Å². The summed E-state index contributed by atoms with van der Waals surface area (Å²) in [5, 5.41) is 0. The van der Waals surface area contributed by atoms with Crippen molar-refractivity contribution in [3.63, 3.8) is 0 Å². The Balaban J connectivity index is 1.39. The Hall–Kier alpha value is -3.26. The van der Waals surface area contributed by atoms with Crippen LogP contribution in [0.15, 0.2) is 48.5 Å². The molecular formula is C26H31N3O5. The van der Waals surface area contributed by atoms with Gasteiger partial charge in [-0.2, -0.15) is 0 Å². The molecule has 8 nitrogen and oxygen atoms in total. The Morgan fingerprint density at radius 3 is 2.53 bits per heavy atom. The van der Waals surface area contributed by atoms with Crippen molar-refractivity contribution in [2.24, 2.45) is 0 Å². The molecule has 8 heteroatoms. The second-order valence-electron chi connectivity index (χ2n) is 9.18. The van der Waals surface area contributed by atoms with Gasteiger partial charge in [0.2, 0.25) is 0 Å². The Bertz CT molecular complexity index is 1040. The van der Waals surface area contributed by atoms with Gasteiger partial charge in [0.25, 0.3) is 5.91 Å². The Morgan fingerprint density at radius 1 is 0.971 bits per heavy atom. The van der Waals surface area contributed by atoms with E-state index < -0.39 is 11.7 Å². The molecule has 2 aromatic rings. The van der Waals surface area contributed by atoms with E-state index in [0.717, 1.165) is 37.3 Å². The highest BCUT2D eigenvalue weighted by atomic mass is 16.6. The van der Waals surface area contributed by atoms with Crippen molar-refractivity contribution >= 4 is 23.4 Å². The summed E-state index contributed by atoms with van der Waals surface area (Å²) in [5.41, 5.74) is 1.40. The van der Waals surface area contributed by atoms with Crippen LogP contribution in [-0.4, -0.2) is 75.5 Å². The quantitative estimate of drug-likeness (QED) is 0.688. The fourth-order valence-electron chi connectivity index (χ4n) is 5.05. The highest BCUT2D eigenvalue weighted by Crippen LogP contribution is 2.33. The second-order valence-corrected chi connectivity index (χ2v) is 9.18. The molecule has 3 aliphatic rings. The second kappa shape index (κ2) is 9.54. The Labute approximate surface area is 200 Å². The van der Waals surface area contributed by atoms with Gasteiger partial charge in [-0.05, 0) is 49.6 Å². The minimum atomic E-state index is -0.920. The molecule has 0 aliphatic carbocycles. The van der Waals surface area contributed by atoms with E-state index >= 15 is 0 Å². The first-order valence-corrected chi connectivity index (χ1v) is 11.9. The van der Waals surface area contributed by atoms with E-state index in [-0.39, 0.29) is 19.1 Å². The van der Waals surface area contributed by atoms with Crippen molar-refractivity contribution in [2.75, 3.05) is 62.8 Å². The van der Waals surface area contributed by atoms with Crippen LogP contribution in [0.2, 0.25) is 0 Å². The number of anilines is 2. The van der Waals surface area contributed by atoms with Gasteiger partial charge >= 0.3 is 6.09 Å². The van der Waals surface area contributed by atoms with Gasteiger partial charge in [0.15, 0.2) is 5.60 Å². The molecule has 2 amide bonds. The monoisotopic (exact) mass is 465 g/mol. The van der Waals surface area contributed by atoms with Gasteiger partial charge in [0, 0.05) is 31.0 Å². The van der Waals surface area contributed by atoms with Crippen molar-refractivity contribution in [2.45, 2.75) is 24.9 Å². The van der Waals surface area contributed by atoms with Crippen LogP contribution in [0.3, 0.4) is 0 Å². The zero-order valence-corrected chi connectivity index (χ0v) is 19.6. The van der Waals surface area contributed by atoms with Crippen LogP contribution in [0.1, 0.15) is 29.6 Å². The van der Waals surface area contributed by atoms with E-state index in [2.05, 4.69) is 4.90 Å². The smallest absolute Gasteiger partial charge is 0.415 e. The lowest BCUT2D eigenvalue weighted by Crippen LogP contribution is -2.49. The molecule has 1 spiro atoms. The molecule has 2 aromatic carbocycles. The lowest BCUT2D eigenvalue weighted by atomic mass is 10.0. The molecular weight excluding hydrogens is 434 g/mol. The summed E-state index contributed by atoms with van der Waals surface area (Å²) >= 11 is 0. The summed E-state index contributed by atoms with van der Waals surface area (Å²) in [6.07, 6.45) is 3.14. The fraction of sp³-hybridized carbons (Fsp3) is 0.462. The molecule has 0 radical (unpaired) electrons. The van der Waals surface area contributed by atoms with E-state index in [1.807, 2.05) is 48.5 Å². The zero-order chi connectivity index (χ0) is 23.5. The zero-order valence-electron chi connectivity index (χ0n) is 19.6. The number of hydrogen-bond acceptors (Lipinski definition) is 6. The SMILES string of the molecule is COc1ccc(N2CCCCC2)cc1C(=O)N1CCOC[C@]2(C1)CN(c1ccccc1)C(=O)O2. The molecule has 1 atom stereocenters. The molecule has 3 fully saturated rings. The van der Waals surface area contributed by atoms with Crippen LogP contribution in [-0.2, 0) is 9.47 Å². The predicted molar refractivity (Wildman–Crippen MR) is 129 cm³/mol. The number of amides is 2. The topological polar surface area (TPSA) is 71.6 Å². The van der Waals surface area contributed by atoms with E-state index in [0.29, 0.717) is 31.0 Å². The third kappa shape index (κ3) is 4.42. The summed E-state index contributed by atoms with van der Waals surface area (Å²) in [6, 6.07) is 15.2. The van der Waals surface area contributed by atoms with Gasteiger partial charge in [-0.15, -0.1) is 0 Å². The van der Waals surface area contributed by atoms with Gasteiger partial charge in [0.1, 0.15) is 5.75 Å². The summed E-state index contributed by atoms with van der Waals surface area (Å²) in [6.45, 7) is 3.61. The maximum Gasteiger partial charge on any atom is 0.415 e. The number of nitrogens with zero attached hydrogens (tertiary/aromatic N) is 3. The Kier molecular flexibility index (Phi) is 6.32. The third-order valence-corrected chi connectivity index (χ3v) is 6.81. The first kappa shape index (κ1) is 22.5. The number of piperidine rings is 1. The maximum absolute atomic E-state index is 13.8. The molecule has 0 aromatic heterocycles. The van der Waals surface area contributed by atoms with Crippen molar-refractivity contribution in [3.05, 3.63) is 54.1 Å².